The van der Waals surface area contributed by atoms with Gasteiger partial charge in [-0.25, -0.2) is 4.98 Å². The van der Waals surface area contributed by atoms with E-state index in [2.05, 4.69) is 25.6 Å². The molecule has 0 aliphatic rings. The van der Waals surface area contributed by atoms with Crippen molar-refractivity contribution in [3.8, 4) is 17.3 Å². The van der Waals surface area contributed by atoms with Crippen molar-refractivity contribution in [2.75, 3.05) is 12.4 Å². The van der Waals surface area contributed by atoms with E-state index in [-0.39, 0.29) is 0 Å². The molecule has 4 aromatic heterocycles. The topological polar surface area (TPSA) is 77.2 Å². The number of nitrogens with one attached hydrogen (secondary N) is 1. The fraction of sp³-hybridized carbons (Fsp3) is 0.125. The van der Waals surface area contributed by atoms with Crippen LogP contribution in [0.25, 0.3) is 17.0 Å². The molecule has 0 amide bonds. The first-order chi connectivity index (χ1) is 11.8. The Morgan fingerprint density at radius 2 is 2.12 bits per heavy atom. The van der Waals surface area contributed by atoms with E-state index in [0.717, 1.165) is 22.8 Å². The summed E-state index contributed by atoms with van der Waals surface area (Å²) >= 11 is 1.62. The molecular formula is C16H14N6OS. The van der Waals surface area contributed by atoms with Crippen LogP contribution in [-0.2, 0) is 6.54 Å². The molecule has 4 rings (SSSR count). The highest BCUT2D eigenvalue weighted by molar-refractivity contribution is 7.08. The van der Waals surface area contributed by atoms with E-state index in [4.69, 9.17) is 4.74 Å². The minimum absolute atomic E-state index is 0.600. The summed E-state index contributed by atoms with van der Waals surface area (Å²) in [7, 11) is 1.60. The third-order valence-corrected chi connectivity index (χ3v) is 4.21. The van der Waals surface area contributed by atoms with Crippen LogP contribution in [0.1, 0.15) is 5.56 Å². The summed E-state index contributed by atoms with van der Waals surface area (Å²) in [6, 6.07) is 9.59. The lowest BCUT2D eigenvalue weighted by atomic mass is 10.3. The lowest BCUT2D eigenvalue weighted by molar-refractivity contribution is 0.397. The van der Waals surface area contributed by atoms with Crippen molar-refractivity contribution in [1.29, 1.82) is 0 Å². The molecule has 0 aliphatic heterocycles. The van der Waals surface area contributed by atoms with Crippen LogP contribution < -0.4 is 10.1 Å². The molecule has 0 saturated carbocycles. The first-order valence-corrected chi connectivity index (χ1v) is 8.25. The number of hydrogen-bond donors (Lipinski definition) is 1. The average molecular weight is 338 g/mol. The zero-order chi connectivity index (χ0) is 16.4. The molecule has 0 fully saturated rings. The van der Waals surface area contributed by atoms with E-state index in [1.54, 1.807) is 29.2 Å². The number of pyridine rings is 1. The Morgan fingerprint density at radius 3 is 2.88 bits per heavy atom. The summed E-state index contributed by atoms with van der Waals surface area (Å²) in [5.74, 6) is 2.08. The fourth-order valence-electron chi connectivity index (χ4n) is 2.28. The molecule has 0 aliphatic carbocycles. The first kappa shape index (κ1) is 14.6. The van der Waals surface area contributed by atoms with Crippen LogP contribution in [0.3, 0.4) is 0 Å². The summed E-state index contributed by atoms with van der Waals surface area (Å²) in [5.41, 5.74) is 2.77. The van der Waals surface area contributed by atoms with E-state index in [0.29, 0.717) is 18.1 Å². The van der Waals surface area contributed by atoms with Crippen molar-refractivity contribution in [3.63, 3.8) is 0 Å². The number of rotatable bonds is 5. The third-order valence-electron chi connectivity index (χ3n) is 3.52. The molecule has 0 radical (unpaired) electrons. The van der Waals surface area contributed by atoms with Crippen LogP contribution in [0, 0.1) is 0 Å². The minimum atomic E-state index is 0.600. The molecule has 0 unspecified atom stereocenters. The van der Waals surface area contributed by atoms with Crippen LogP contribution in [0.5, 0.6) is 5.88 Å². The van der Waals surface area contributed by atoms with E-state index < -0.39 is 0 Å². The molecule has 7 nitrogen and oxygen atoms in total. The fourth-order valence-corrected chi connectivity index (χ4v) is 2.92. The number of ether oxygens (including phenoxy) is 1. The maximum Gasteiger partial charge on any atom is 0.212 e. The SMILES string of the molecule is COc1ccc(CNc2ccc3nnc(-c4ccsc4)n3n2)cn1. The van der Waals surface area contributed by atoms with Gasteiger partial charge in [0.15, 0.2) is 11.5 Å². The van der Waals surface area contributed by atoms with Crippen LogP contribution in [0.2, 0.25) is 0 Å². The Bertz CT molecular complexity index is 949. The Kier molecular flexibility index (Phi) is 3.80. The van der Waals surface area contributed by atoms with E-state index in [9.17, 15) is 0 Å². The normalized spacial score (nSPS) is 10.9. The van der Waals surface area contributed by atoms with Gasteiger partial charge >= 0.3 is 0 Å². The number of methoxy groups -OCH3 is 1. The van der Waals surface area contributed by atoms with E-state index in [1.165, 1.54) is 0 Å². The Morgan fingerprint density at radius 1 is 1.17 bits per heavy atom. The second kappa shape index (κ2) is 6.25. The quantitative estimate of drug-likeness (QED) is 0.603. The van der Waals surface area contributed by atoms with Crippen LogP contribution in [-0.4, -0.2) is 31.9 Å². The van der Waals surface area contributed by atoms with Gasteiger partial charge in [0, 0.05) is 29.8 Å². The van der Waals surface area contributed by atoms with Gasteiger partial charge in [0.1, 0.15) is 5.82 Å². The minimum Gasteiger partial charge on any atom is -0.481 e. The summed E-state index contributed by atoms with van der Waals surface area (Å²) in [6.45, 7) is 0.616. The molecule has 0 spiro atoms. The van der Waals surface area contributed by atoms with Gasteiger partial charge in [0.2, 0.25) is 5.88 Å². The van der Waals surface area contributed by atoms with Gasteiger partial charge in [-0.05, 0) is 29.1 Å². The van der Waals surface area contributed by atoms with Crippen LogP contribution >= 0.6 is 11.3 Å². The predicted octanol–water partition coefficient (Wildman–Crippen LogP) is 2.87. The lowest BCUT2D eigenvalue weighted by Crippen LogP contribution is -2.05. The Balaban J connectivity index is 1.57. The second-order valence-corrected chi connectivity index (χ2v) is 5.87. The molecular weight excluding hydrogens is 324 g/mol. The third kappa shape index (κ3) is 2.79. The van der Waals surface area contributed by atoms with Gasteiger partial charge in [-0.2, -0.15) is 15.9 Å². The second-order valence-electron chi connectivity index (χ2n) is 5.09. The molecule has 120 valence electrons. The maximum absolute atomic E-state index is 5.06. The van der Waals surface area contributed by atoms with Crippen molar-refractivity contribution < 1.29 is 4.74 Å². The molecule has 0 aromatic carbocycles. The Labute approximate surface area is 142 Å². The number of hydrogen-bond acceptors (Lipinski definition) is 7. The number of anilines is 1. The van der Waals surface area contributed by atoms with Crippen LogP contribution in [0.15, 0.2) is 47.3 Å². The van der Waals surface area contributed by atoms with Crippen molar-refractivity contribution in [2.24, 2.45) is 0 Å². The highest BCUT2D eigenvalue weighted by atomic mass is 32.1. The van der Waals surface area contributed by atoms with Crippen molar-refractivity contribution in [3.05, 3.63) is 52.9 Å². The molecule has 4 heterocycles. The highest BCUT2D eigenvalue weighted by Gasteiger charge is 2.10. The number of fused-ring (bicyclic) bond motifs is 1. The van der Waals surface area contributed by atoms with Gasteiger partial charge in [0.05, 0.1) is 7.11 Å². The van der Waals surface area contributed by atoms with Crippen molar-refractivity contribution in [1.82, 2.24) is 24.8 Å². The summed E-state index contributed by atoms with van der Waals surface area (Å²) in [6.07, 6.45) is 1.78. The maximum atomic E-state index is 5.06. The average Bonchev–Trinajstić information content (AvgIpc) is 3.29. The summed E-state index contributed by atoms with van der Waals surface area (Å²) in [5, 5.41) is 20.3. The molecule has 4 aromatic rings. The van der Waals surface area contributed by atoms with Gasteiger partial charge < -0.3 is 10.1 Å². The number of aromatic nitrogens is 5. The van der Waals surface area contributed by atoms with E-state index in [1.807, 2.05) is 41.1 Å². The van der Waals surface area contributed by atoms with Gasteiger partial charge in [-0.15, -0.1) is 15.3 Å². The summed E-state index contributed by atoms with van der Waals surface area (Å²) < 4.78 is 6.81. The Hall–Kier alpha value is -3.00. The summed E-state index contributed by atoms with van der Waals surface area (Å²) in [4.78, 5) is 4.19. The molecule has 0 saturated heterocycles. The number of nitrogens with zero attached hydrogens (tertiary/aromatic N) is 5. The molecule has 0 bridgehead atoms. The predicted molar refractivity (Wildman–Crippen MR) is 92.2 cm³/mol. The standard InChI is InChI=1S/C16H14N6OS/c1-23-15-5-2-11(9-18-15)8-17-13-3-4-14-19-20-16(22(14)21-13)12-6-7-24-10-12/h2-7,9-10H,8H2,1H3,(H,17,21). The zero-order valence-electron chi connectivity index (χ0n) is 12.9. The van der Waals surface area contributed by atoms with Crippen LogP contribution in [0.4, 0.5) is 5.82 Å². The highest BCUT2D eigenvalue weighted by Crippen LogP contribution is 2.21. The molecule has 1 N–H and O–H groups in total. The van der Waals surface area contributed by atoms with Gasteiger partial charge in [-0.3, -0.25) is 0 Å². The molecule has 24 heavy (non-hydrogen) atoms. The van der Waals surface area contributed by atoms with E-state index >= 15 is 0 Å². The lowest BCUT2D eigenvalue weighted by Gasteiger charge is -2.06. The molecule has 8 heteroatoms. The number of thiophene rings is 1. The monoisotopic (exact) mass is 338 g/mol. The van der Waals surface area contributed by atoms with Gasteiger partial charge in [-0.1, -0.05) is 6.07 Å². The first-order valence-electron chi connectivity index (χ1n) is 7.31. The molecule has 0 atom stereocenters. The largest absolute Gasteiger partial charge is 0.481 e. The van der Waals surface area contributed by atoms with Crippen molar-refractivity contribution in [2.45, 2.75) is 6.54 Å². The van der Waals surface area contributed by atoms with Crippen molar-refractivity contribution >= 4 is 22.8 Å². The zero-order valence-corrected chi connectivity index (χ0v) is 13.7. The smallest absolute Gasteiger partial charge is 0.212 e. The van der Waals surface area contributed by atoms with Gasteiger partial charge in [0.25, 0.3) is 0 Å².